The summed E-state index contributed by atoms with van der Waals surface area (Å²) in [5, 5.41) is 2.06. The molecule has 0 fully saturated rings. The summed E-state index contributed by atoms with van der Waals surface area (Å²) in [6, 6.07) is 7.86. The van der Waals surface area contributed by atoms with E-state index in [1.54, 1.807) is 18.4 Å². The molecule has 1 unspecified atom stereocenters. The summed E-state index contributed by atoms with van der Waals surface area (Å²) in [7, 11) is 1.66. The van der Waals surface area contributed by atoms with E-state index >= 15 is 0 Å². The molecule has 1 aliphatic heterocycles. The molecule has 5 heteroatoms. The number of nitrogens with two attached hydrogens (primary N) is 1. The van der Waals surface area contributed by atoms with Gasteiger partial charge in [-0.25, -0.2) is 0 Å². The molecular weight excluding hydrogens is 326 g/mol. The molecule has 2 N–H and O–H groups in total. The number of fused-ring (bicyclic) bond motifs is 1. The molecule has 19 heavy (non-hydrogen) atoms. The fourth-order valence-corrected chi connectivity index (χ4v) is 3.77. The molecule has 0 saturated heterocycles. The molecule has 0 amide bonds. The molecule has 2 atom stereocenters. The Balaban J connectivity index is 1.92. The van der Waals surface area contributed by atoms with Crippen LogP contribution in [0.25, 0.3) is 0 Å². The van der Waals surface area contributed by atoms with E-state index in [9.17, 15) is 0 Å². The molecule has 2 heterocycles. The first kappa shape index (κ1) is 13.0. The molecular formula is C14H14BrNO2S. The van der Waals surface area contributed by atoms with Crippen molar-refractivity contribution in [3.05, 3.63) is 44.6 Å². The van der Waals surface area contributed by atoms with Gasteiger partial charge in [-0.3, -0.25) is 0 Å². The van der Waals surface area contributed by atoms with Crippen molar-refractivity contribution in [2.45, 2.75) is 18.6 Å². The lowest BCUT2D eigenvalue weighted by Gasteiger charge is -2.30. The third-order valence-corrected chi connectivity index (χ3v) is 5.04. The highest BCUT2D eigenvalue weighted by Crippen LogP contribution is 2.42. The van der Waals surface area contributed by atoms with Crippen LogP contribution in [0, 0.1) is 0 Å². The van der Waals surface area contributed by atoms with Gasteiger partial charge in [-0.1, -0.05) is 0 Å². The van der Waals surface area contributed by atoms with E-state index in [1.165, 1.54) is 4.88 Å². The van der Waals surface area contributed by atoms with Crippen LogP contribution in [0.15, 0.2) is 34.1 Å². The maximum Gasteiger partial charge on any atom is 0.135 e. The normalized spacial score (nSPS) is 21.6. The Morgan fingerprint density at radius 3 is 2.95 bits per heavy atom. The zero-order chi connectivity index (χ0) is 13.4. The van der Waals surface area contributed by atoms with Gasteiger partial charge in [-0.2, -0.15) is 0 Å². The Labute approximate surface area is 124 Å². The number of hydrogen-bond acceptors (Lipinski definition) is 4. The van der Waals surface area contributed by atoms with E-state index in [-0.39, 0.29) is 12.1 Å². The first-order valence-corrected chi connectivity index (χ1v) is 7.68. The molecule has 1 aliphatic rings. The quantitative estimate of drug-likeness (QED) is 0.897. The lowest BCUT2D eigenvalue weighted by molar-refractivity contribution is 0.164. The summed E-state index contributed by atoms with van der Waals surface area (Å²) in [6.07, 6.45) is 0.819. The van der Waals surface area contributed by atoms with E-state index in [0.29, 0.717) is 0 Å². The van der Waals surface area contributed by atoms with Crippen LogP contribution in [-0.2, 0) is 0 Å². The van der Waals surface area contributed by atoms with Crippen molar-refractivity contribution in [3.8, 4) is 11.5 Å². The molecule has 3 rings (SSSR count). The molecule has 0 spiro atoms. The van der Waals surface area contributed by atoms with Crippen molar-refractivity contribution in [2.24, 2.45) is 5.73 Å². The van der Waals surface area contributed by atoms with Crippen LogP contribution >= 0.6 is 27.3 Å². The summed E-state index contributed by atoms with van der Waals surface area (Å²) in [5.74, 6) is 1.67. The van der Waals surface area contributed by atoms with E-state index in [0.717, 1.165) is 28.0 Å². The zero-order valence-electron chi connectivity index (χ0n) is 10.4. The maximum absolute atomic E-state index is 6.26. The van der Waals surface area contributed by atoms with Crippen LogP contribution in [0.4, 0.5) is 0 Å². The van der Waals surface area contributed by atoms with Crippen LogP contribution in [0.3, 0.4) is 0 Å². The van der Waals surface area contributed by atoms with Crippen LogP contribution in [0.1, 0.15) is 29.0 Å². The maximum atomic E-state index is 6.26. The summed E-state index contributed by atoms with van der Waals surface area (Å²) in [5.41, 5.74) is 7.28. The molecule has 3 nitrogen and oxygen atoms in total. The number of rotatable bonds is 2. The van der Waals surface area contributed by atoms with Crippen LogP contribution in [0.2, 0.25) is 0 Å². The number of benzene rings is 1. The van der Waals surface area contributed by atoms with Crippen LogP contribution in [0.5, 0.6) is 11.5 Å². The molecule has 1 aromatic heterocycles. The standard InChI is InChI=1S/C14H14BrNO2S/c1-17-9-2-3-12-10(5-9)11(16)6-13(18-12)14-4-8(15)7-19-14/h2-5,7,11,13H,6,16H2,1H3/t11-,13?/m0/s1. The molecule has 1 aromatic carbocycles. The summed E-state index contributed by atoms with van der Waals surface area (Å²) in [4.78, 5) is 1.20. The van der Waals surface area contributed by atoms with Crippen molar-refractivity contribution in [1.29, 1.82) is 0 Å². The van der Waals surface area contributed by atoms with Crippen molar-refractivity contribution in [2.75, 3.05) is 7.11 Å². The largest absolute Gasteiger partial charge is 0.497 e. The Hall–Kier alpha value is -1.04. The smallest absolute Gasteiger partial charge is 0.135 e. The molecule has 0 bridgehead atoms. The predicted octanol–water partition coefficient (Wildman–Crippen LogP) is 4.04. The van der Waals surface area contributed by atoms with Gasteiger partial charge in [-0.15, -0.1) is 11.3 Å². The Kier molecular flexibility index (Phi) is 3.52. The minimum absolute atomic E-state index is 0.0234. The van der Waals surface area contributed by atoms with Crippen molar-refractivity contribution >= 4 is 27.3 Å². The highest BCUT2D eigenvalue weighted by Gasteiger charge is 2.28. The molecule has 2 aromatic rings. The highest BCUT2D eigenvalue weighted by atomic mass is 79.9. The zero-order valence-corrected chi connectivity index (χ0v) is 12.8. The van der Waals surface area contributed by atoms with E-state index in [2.05, 4.69) is 27.4 Å². The molecule has 0 aliphatic carbocycles. The monoisotopic (exact) mass is 339 g/mol. The summed E-state index contributed by atoms with van der Waals surface area (Å²) >= 11 is 5.16. The minimum atomic E-state index is -0.0234. The minimum Gasteiger partial charge on any atom is -0.497 e. The lowest BCUT2D eigenvalue weighted by Crippen LogP contribution is -2.23. The second kappa shape index (κ2) is 5.15. The third-order valence-electron chi connectivity index (χ3n) is 3.26. The first-order valence-electron chi connectivity index (χ1n) is 6.01. The van der Waals surface area contributed by atoms with Gasteiger partial charge in [0.2, 0.25) is 0 Å². The SMILES string of the molecule is COc1ccc2c(c1)[C@@H](N)CC(c1cc(Br)cs1)O2. The van der Waals surface area contributed by atoms with Crippen LogP contribution in [-0.4, -0.2) is 7.11 Å². The van der Waals surface area contributed by atoms with Gasteiger partial charge in [0.05, 0.1) is 7.11 Å². The Morgan fingerprint density at radius 2 is 2.26 bits per heavy atom. The fourth-order valence-electron chi connectivity index (χ4n) is 2.28. The van der Waals surface area contributed by atoms with Crippen molar-refractivity contribution in [1.82, 2.24) is 0 Å². The van der Waals surface area contributed by atoms with E-state index in [4.69, 9.17) is 15.2 Å². The van der Waals surface area contributed by atoms with Gasteiger partial charge in [0.1, 0.15) is 17.6 Å². The number of halogens is 1. The average Bonchev–Trinajstić information content (AvgIpc) is 2.85. The van der Waals surface area contributed by atoms with E-state index in [1.807, 2.05) is 18.2 Å². The van der Waals surface area contributed by atoms with Gasteiger partial charge in [0.15, 0.2) is 0 Å². The van der Waals surface area contributed by atoms with Gasteiger partial charge in [0.25, 0.3) is 0 Å². The van der Waals surface area contributed by atoms with Gasteiger partial charge in [0, 0.05) is 32.8 Å². The molecule has 0 radical (unpaired) electrons. The average molecular weight is 340 g/mol. The topological polar surface area (TPSA) is 44.5 Å². The van der Waals surface area contributed by atoms with E-state index < -0.39 is 0 Å². The molecule has 0 saturated carbocycles. The van der Waals surface area contributed by atoms with Gasteiger partial charge in [-0.05, 0) is 40.2 Å². The predicted molar refractivity (Wildman–Crippen MR) is 79.9 cm³/mol. The second-order valence-corrected chi connectivity index (χ2v) is 6.38. The number of thiophene rings is 1. The molecule has 100 valence electrons. The van der Waals surface area contributed by atoms with Gasteiger partial charge >= 0.3 is 0 Å². The Morgan fingerprint density at radius 1 is 1.42 bits per heavy atom. The Bertz CT molecular complexity index is 599. The third kappa shape index (κ3) is 2.50. The summed E-state index contributed by atoms with van der Waals surface area (Å²) in [6.45, 7) is 0. The first-order chi connectivity index (χ1) is 9.17. The lowest BCUT2D eigenvalue weighted by atomic mass is 9.96. The second-order valence-electron chi connectivity index (χ2n) is 4.52. The number of methoxy groups -OCH3 is 1. The number of hydrogen-bond donors (Lipinski definition) is 1. The van der Waals surface area contributed by atoms with Crippen molar-refractivity contribution < 1.29 is 9.47 Å². The highest BCUT2D eigenvalue weighted by molar-refractivity contribution is 9.10. The van der Waals surface area contributed by atoms with Gasteiger partial charge < -0.3 is 15.2 Å². The summed E-state index contributed by atoms with van der Waals surface area (Å²) < 4.78 is 12.4. The van der Waals surface area contributed by atoms with Crippen molar-refractivity contribution in [3.63, 3.8) is 0 Å². The number of ether oxygens (including phenoxy) is 2. The van der Waals surface area contributed by atoms with Crippen LogP contribution < -0.4 is 15.2 Å². The fraction of sp³-hybridized carbons (Fsp3) is 0.286.